The van der Waals surface area contributed by atoms with Gasteiger partial charge in [-0.1, -0.05) is 0 Å². The SMILES string of the molecule is c1cc(-c2[nH]ncc2OC2CCOCC2)cc(N2CCOCC2)n1. The number of hydrogen-bond donors (Lipinski definition) is 1. The maximum absolute atomic E-state index is 6.14. The Kier molecular flexibility index (Phi) is 4.62. The van der Waals surface area contributed by atoms with Crippen LogP contribution in [0.15, 0.2) is 24.5 Å². The van der Waals surface area contributed by atoms with Crippen molar-refractivity contribution in [2.75, 3.05) is 44.4 Å². The normalized spacial score (nSPS) is 19.4. The zero-order valence-electron chi connectivity index (χ0n) is 13.6. The van der Waals surface area contributed by atoms with Crippen LogP contribution in [0.1, 0.15) is 12.8 Å². The molecule has 4 rings (SSSR count). The van der Waals surface area contributed by atoms with Crippen molar-refractivity contribution in [3.8, 4) is 17.0 Å². The molecule has 7 heteroatoms. The number of rotatable bonds is 4. The third-order valence-electron chi connectivity index (χ3n) is 4.44. The molecule has 128 valence electrons. The molecule has 0 aliphatic carbocycles. The molecule has 0 aromatic carbocycles. The molecule has 4 heterocycles. The number of nitrogens with one attached hydrogen (secondary N) is 1. The lowest BCUT2D eigenvalue weighted by atomic mass is 10.1. The summed E-state index contributed by atoms with van der Waals surface area (Å²) in [7, 11) is 0. The molecule has 1 N–H and O–H groups in total. The second-order valence-electron chi connectivity index (χ2n) is 6.04. The van der Waals surface area contributed by atoms with Gasteiger partial charge >= 0.3 is 0 Å². The average molecular weight is 330 g/mol. The van der Waals surface area contributed by atoms with Crippen LogP contribution in [0.4, 0.5) is 5.82 Å². The van der Waals surface area contributed by atoms with E-state index in [9.17, 15) is 0 Å². The van der Waals surface area contributed by atoms with Gasteiger partial charge in [-0.15, -0.1) is 0 Å². The Bertz CT molecular complexity index is 663. The van der Waals surface area contributed by atoms with Gasteiger partial charge in [0.15, 0.2) is 5.75 Å². The third kappa shape index (κ3) is 3.37. The van der Waals surface area contributed by atoms with Crippen molar-refractivity contribution in [3.63, 3.8) is 0 Å². The first-order valence-electron chi connectivity index (χ1n) is 8.47. The second-order valence-corrected chi connectivity index (χ2v) is 6.04. The summed E-state index contributed by atoms with van der Waals surface area (Å²) in [6, 6.07) is 4.06. The smallest absolute Gasteiger partial charge is 0.165 e. The summed E-state index contributed by atoms with van der Waals surface area (Å²) in [5.74, 6) is 1.75. The van der Waals surface area contributed by atoms with E-state index in [-0.39, 0.29) is 6.10 Å². The van der Waals surface area contributed by atoms with Crippen molar-refractivity contribution >= 4 is 5.82 Å². The van der Waals surface area contributed by atoms with Crippen molar-refractivity contribution in [2.45, 2.75) is 18.9 Å². The Hall–Kier alpha value is -2.12. The Morgan fingerprint density at radius 2 is 1.92 bits per heavy atom. The summed E-state index contributed by atoms with van der Waals surface area (Å²) >= 11 is 0. The fraction of sp³-hybridized carbons (Fsp3) is 0.529. The number of nitrogens with zero attached hydrogens (tertiary/aromatic N) is 3. The monoisotopic (exact) mass is 330 g/mol. The number of anilines is 1. The van der Waals surface area contributed by atoms with Crippen LogP contribution in [-0.4, -0.2) is 60.8 Å². The van der Waals surface area contributed by atoms with Crippen LogP contribution in [-0.2, 0) is 9.47 Å². The Morgan fingerprint density at radius 1 is 1.12 bits per heavy atom. The molecule has 2 aromatic heterocycles. The topological polar surface area (TPSA) is 72.5 Å². The number of aromatic amines is 1. The lowest BCUT2D eigenvalue weighted by Gasteiger charge is -2.28. The highest BCUT2D eigenvalue weighted by molar-refractivity contribution is 5.68. The zero-order chi connectivity index (χ0) is 16.2. The number of ether oxygens (including phenoxy) is 3. The number of morpholine rings is 1. The summed E-state index contributed by atoms with van der Waals surface area (Å²) < 4.78 is 16.9. The number of pyridine rings is 1. The lowest BCUT2D eigenvalue weighted by Crippen LogP contribution is -2.36. The molecule has 2 saturated heterocycles. The van der Waals surface area contributed by atoms with E-state index in [0.717, 1.165) is 75.2 Å². The molecule has 0 unspecified atom stereocenters. The Balaban J connectivity index is 1.54. The van der Waals surface area contributed by atoms with Gasteiger partial charge in [0, 0.05) is 37.7 Å². The molecule has 2 fully saturated rings. The molecule has 2 aromatic rings. The first-order valence-corrected chi connectivity index (χ1v) is 8.47. The van der Waals surface area contributed by atoms with Crippen LogP contribution in [0.3, 0.4) is 0 Å². The standard InChI is InChI=1S/C17H22N4O3/c1-4-18-16(21-5-9-23-10-6-21)11-13(1)17-15(12-19-20-17)24-14-2-7-22-8-3-14/h1,4,11-12,14H,2-3,5-10H2,(H,19,20). The molecule has 2 aliphatic heterocycles. The van der Waals surface area contributed by atoms with Gasteiger partial charge in [0.05, 0.1) is 32.6 Å². The van der Waals surface area contributed by atoms with Gasteiger partial charge < -0.3 is 19.1 Å². The first kappa shape index (κ1) is 15.4. The summed E-state index contributed by atoms with van der Waals surface area (Å²) in [6.07, 6.45) is 5.61. The van der Waals surface area contributed by atoms with E-state index in [1.807, 2.05) is 12.3 Å². The largest absolute Gasteiger partial charge is 0.486 e. The van der Waals surface area contributed by atoms with Crippen molar-refractivity contribution in [1.82, 2.24) is 15.2 Å². The maximum atomic E-state index is 6.14. The molecule has 2 aliphatic rings. The summed E-state index contributed by atoms with van der Waals surface area (Å²) in [5.41, 5.74) is 1.93. The summed E-state index contributed by atoms with van der Waals surface area (Å²) in [5, 5.41) is 7.24. The van der Waals surface area contributed by atoms with Crippen molar-refractivity contribution in [2.24, 2.45) is 0 Å². The van der Waals surface area contributed by atoms with Crippen LogP contribution >= 0.6 is 0 Å². The minimum Gasteiger partial charge on any atom is -0.486 e. The van der Waals surface area contributed by atoms with Gasteiger partial charge in [-0.2, -0.15) is 5.10 Å². The van der Waals surface area contributed by atoms with E-state index in [1.54, 1.807) is 6.20 Å². The van der Waals surface area contributed by atoms with Crippen molar-refractivity contribution in [1.29, 1.82) is 0 Å². The van der Waals surface area contributed by atoms with Crippen LogP contribution in [0.2, 0.25) is 0 Å². The molecule has 0 bridgehead atoms. The average Bonchev–Trinajstić information content (AvgIpc) is 3.12. The molecule has 0 amide bonds. The molecule has 0 saturated carbocycles. The van der Waals surface area contributed by atoms with E-state index in [4.69, 9.17) is 14.2 Å². The highest BCUT2D eigenvalue weighted by Crippen LogP contribution is 2.31. The lowest BCUT2D eigenvalue weighted by molar-refractivity contribution is 0.0258. The van der Waals surface area contributed by atoms with E-state index in [1.165, 1.54) is 0 Å². The number of H-pyrrole nitrogens is 1. The van der Waals surface area contributed by atoms with Gasteiger partial charge in [-0.25, -0.2) is 4.98 Å². The second kappa shape index (κ2) is 7.19. The van der Waals surface area contributed by atoms with Gasteiger partial charge in [0.1, 0.15) is 17.6 Å². The predicted molar refractivity (Wildman–Crippen MR) is 89.3 cm³/mol. The molecule has 0 radical (unpaired) electrons. The fourth-order valence-corrected chi connectivity index (χ4v) is 3.08. The molecule has 24 heavy (non-hydrogen) atoms. The van der Waals surface area contributed by atoms with Crippen LogP contribution in [0, 0.1) is 0 Å². The van der Waals surface area contributed by atoms with Gasteiger partial charge in [-0.05, 0) is 12.1 Å². The minimum absolute atomic E-state index is 0.190. The molecular formula is C17H22N4O3. The molecule has 0 spiro atoms. The van der Waals surface area contributed by atoms with E-state index >= 15 is 0 Å². The van der Waals surface area contributed by atoms with E-state index in [2.05, 4.69) is 26.1 Å². The molecule has 7 nitrogen and oxygen atoms in total. The van der Waals surface area contributed by atoms with E-state index < -0.39 is 0 Å². The number of aromatic nitrogens is 3. The third-order valence-corrected chi connectivity index (χ3v) is 4.44. The number of hydrogen-bond acceptors (Lipinski definition) is 6. The van der Waals surface area contributed by atoms with Gasteiger partial charge in [0.2, 0.25) is 0 Å². The fourth-order valence-electron chi connectivity index (χ4n) is 3.08. The minimum atomic E-state index is 0.190. The van der Waals surface area contributed by atoms with Crippen LogP contribution in [0.5, 0.6) is 5.75 Å². The highest BCUT2D eigenvalue weighted by atomic mass is 16.5. The maximum Gasteiger partial charge on any atom is 0.165 e. The Morgan fingerprint density at radius 3 is 2.75 bits per heavy atom. The van der Waals surface area contributed by atoms with Crippen LogP contribution in [0.25, 0.3) is 11.3 Å². The van der Waals surface area contributed by atoms with Crippen LogP contribution < -0.4 is 9.64 Å². The Labute approximate surface area is 140 Å². The quantitative estimate of drug-likeness (QED) is 0.923. The summed E-state index contributed by atoms with van der Waals surface area (Å²) in [4.78, 5) is 6.74. The highest BCUT2D eigenvalue weighted by Gasteiger charge is 2.19. The zero-order valence-corrected chi connectivity index (χ0v) is 13.6. The van der Waals surface area contributed by atoms with E-state index in [0.29, 0.717) is 0 Å². The molecular weight excluding hydrogens is 308 g/mol. The molecule has 0 atom stereocenters. The van der Waals surface area contributed by atoms with Gasteiger partial charge in [0.25, 0.3) is 0 Å². The van der Waals surface area contributed by atoms with Gasteiger partial charge in [-0.3, -0.25) is 5.10 Å². The summed E-state index contributed by atoms with van der Waals surface area (Å²) in [6.45, 7) is 4.74. The predicted octanol–water partition coefficient (Wildman–Crippen LogP) is 1.87. The van der Waals surface area contributed by atoms with Crippen molar-refractivity contribution < 1.29 is 14.2 Å². The van der Waals surface area contributed by atoms with Crippen molar-refractivity contribution in [3.05, 3.63) is 24.5 Å². The first-order chi connectivity index (χ1) is 11.9.